The zero-order chi connectivity index (χ0) is 13.3. The standard InChI is InChI=1S/C13H18F2N2O/c1-7-3-4-10(12(15)11(7)14)13(17-16)9-5-8(2)18-6-9/h3-4,8-9,13,17H,5-6,16H2,1-2H3. The molecule has 1 aromatic rings. The van der Waals surface area contributed by atoms with Crippen LogP contribution in [0.1, 0.15) is 30.5 Å². The number of nitrogens with one attached hydrogen (secondary N) is 1. The van der Waals surface area contributed by atoms with Crippen molar-refractivity contribution in [2.75, 3.05) is 6.61 Å². The minimum atomic E-state index is -0.822. The van der Waals surface area contributed by atoms with E-state index in [2.05, 4.69) is 5.43 Å². The Morgan fingerprint density at radius 2 is 2.11 bits per heavy atom. The van der Waals surface area contributed by atoms with E-state index in [-0.39, 0.29) is 17.6 Å². The number of hydrazine groups is 1. The minimum absolute atomic E-state index is 0.0570. The summed E-state index contributed by atoms with van der Waals surface area (Å²) in [7, 11) is 0. The Hall–Kier alpha value is -1.04. The van der Waals surface area contributed by atoms with Crippen LogP contribution >= 0.6 is 0 Å². The van der Waals surface area contributed by atoms with Crippen molar-refractivity contribution in [1.29, 1.82) is 0 Å². The van der Waals surface area contributed by atoms with Gasteiger partial charge in [0.15, 0.2) is 11.6 Å². The lowest BCUT2D eigenvalue weighted by atomic mass is 9.90. The third-order valence-corrected chi connectivity index (χ3v) is 3.52. The van der Waals surface area contributed by atoms with Gasteiger partial charge in [-0.3, -0.25) is 11.3 Å². The smallest absolute Gasteiger partial charge is 0.163 e. The number of hydrogen-bond donors (Lipinski definition) is 2. The molecule has 5 heteroatoms. The van der Waals surface area contributed by atoms with Crippen molar-refractivity contribution in [1.82, 2.24) is 5.43 Å². The Bertz CT molecular complexity index is 439. The number of halogens is 2. The maximum atomic E-state index is 13.9. The van der Waals surface area contributed by atoms with Gasteiger partial charge in [-0.25, -0.2) is 8.78 Å². The molecule has 3 N–H and O–H groups in total. The van der Waals surface area contributed by atoms with Crippen molar-refractivity contribution in [3.05, 3.63) is 34.9 Å². The lowest BCUT2D eigenvalue weighted by molar-refractivity contribution is 0.116. The van der Waals surface area contributed by atoms with Crippen LogP contribution in [0.15, 0.2) is 12.1 Å². The second-order valence-electron chi connectivity index (χ2n) is 4.88. The van der Waals surface area contributed by atoms with Crippen LogP contribution in [0.2, 0.25) is 0 Å². The Balaban J connectivity index is 2.30. The molecule has 1 fully saturated rings. The zero-order valence-corrected chi connectivity index (χ0v) is 10.5. The molecule has 100 valence electrons. The van der Waals surface area contributed by atoms with Gasteiger partial charge < -0.3 is 4.74 Å². The first-order valence-electron chi connectivity index (χ1n) is 6.06. The molecule has 0 saturated carbocycles. The summed E-state index contributed by atoms with van der Waals surface area (Å²) in [5.74, 6) is 3.92. The Morgan fingerprint density at radius 3 is 2.67 bits per heavy atom. The second kappa shape index (κ2) is 5.30. The second-order valence-corrected chi connectivity index (χ2v) is 4.88. The topological polar surface area (TPSA) is 47.3 Å². The first kappa shape index (κ1) is 13.4. The summed E-state index contributed by atoms with van der Waals surface area (Å²) in [5, 5.41) is 0. The molecule has 1 aromatic carbocycles. The van der Waals surface area contributed by atoms with Crippen LogP contribution in [0.4, 0.5) is 8.78 Å². The largest absolute Gasteiger partial charge is 0.378 e. The monoisotopic (exact) mass is 256 g/mol. The fraction of sp³-hybridized carbons (Fsp3) is 0.538. The fourth-order valence-corrected chi connectivity index (χ4v) is 2.46. The lowest BCUT2D eigenvalue weighted by Gasteiger charge is -2.23. The van der Waals surface area contributed by atoms with Crippen LogP contribution in [0.25, 0.3) is 0 Å². The van der Waals surface area contributed by atoms with Gasteiger partial charge in [-0.05, 0) is 25.8 Å². The molecule has 0 amide bonds. The minimum Gasteiger partial charge on any atom is -0.378 e. The van der Waals surface area contributed by atoms with E-state index >= 15 is 0 Å². The summed E-state index contributed by atoms with van der Waals surface area (Å²) in [5.41, 5.74) is 3.14. The van der Waals surface area contributed by atoms with Gasteiger partial charge in [0, 0.05) is 11.5 Å². The van der Waals surface area contributed by atoms with Crippen molar-refractivity contribution < 1.29 is 13.5 Å². The van der Waals surface area contributed by atoms with Gasteiger partial charge in [-0.2, -0.15) is 0 Å². The van der Waals surface area contributed by atoms with E-state index in [1.54, 1.807) is 12.1 Å². The van der Waals surface area contributed by atoms with Crippen LogP contribution in [0.3, 0.4) is 0 Å². The highest BCUT2D eigenvalue weighted by atomic mass is 19.2. The van der Waals surface area contributed by atoms with Crippen LogP contribution in [0.5, 0.6) is 0 Å². The van der Waals surface area contributed by atoms with E-state index in [0.29, 0.717) is 12.2 Å². The van der Waals surface area contributed by atoms with Crippen molar-refractivity contribution in [2.24, 2.45) is 11.8 Å². The number of hydrogen-bond acceptors (Lipinski definition) is 3. The van der Waals surface area contributed by atoms with Gasteiger partial charge in [0.2, 0.25) is 0 Å². The molecule has 3 nitrogen and oxygen atoms in total. The maximum absolute atomic E-state index is 13.9. The number of benzene rings is 1. The summed E-state index contributed by atoms with van der Waals surface area (Å²) >= 11 is 0. The van der Waals surface area contributed by atoms with Gasteiger partial charge in [-0.15, -0.1) is 0 Å². The molecule has 0 spiro atoms. The quantitative estimate of drug-likeness (QED) is 0.644. The van der Waals surface area contributed by atoms with Gasteiger partial charge in [0.1, 0.15) is 0 Å². The summed E-state index contributed by atoms with van der Waals surface area (Å²) in [4.78, 5) is 0. The van der Waals surface area contributed by atoms with Crippen molar-refractivity contribution >= 4 is 0 Å². The molecular formula is C13H18F2N2O. The maximum Gasteiger partial charge on any atom is 0.163 e. The molecule has 0 aliphatic carbocycles. The lowest BCUT2D eigenvalue weighted by Crippen LogP contribution is -2.34. The Labute approximate surface area is 105 Å². The number of ether oxygens (including phenoxy) is 1. The zero-order valence-electron chi connectivity index (χ0n) is 10.5. The Morgan fingerprint density at radius 1 is 1.39 bits per heavy atom. The van der Waals surface area contributed by atoms with E-state index in [0.717, 1.165) is 6.42 Å². The van der Waals surface area contributed by atoms with E-state index in [1.165, 1.54) is 6.92 Å². The molecule has 3 unspecified atom stereocenters. The molecule has 1 aliphatic heterocycles. The predicted molar refractivity (Wildman–Crippen MR) is 64.7 cm³/mol. The molecule has 1 saturated heterocycles. The van der Waals surface area contributed by atoms with Crippen molar-refractivity contribution in [3.8, 4) is 0 Å². The van der Waals surface area contributed by atoms with Gasteiger partial charge >= 0.3 is 0 Å². The highest BCUT2D eigenvalue weighted by Gasteiger charge is 2.32. The van der Waals surface area contributed by atoms with Crippen molar-refractivity contribution in [2.45, 2.75) is 32.4 Å². The highest BCUT2D eigenvalue weighted by molar-refractivity contribution is 5.28. The van der Waals surface area contributed by atoms with Crippen LogP contribution in [0, 0.1) is 24.5 Å². The van der Waals surface area contributed by atoms with Gasteiger partial charge in [0.05, 0.1) is 18.8 Å². The first-order chi connectivity index (χ1) is 8.54. The molecule has 1 heterocycles. The molecule has 3 atom stereocenters. The SMILES string of the molecule is Cc1ccc(C(NN)C2COC(C)C2)c(F)c1F. The third-order valence-electron chi connectivity index (χ3n) is 3.52. The molecule has 18 heavy (non-hydrogen) atoms. The van der Waals surface area contributed by atoms with Crippen molar-refractivity contribution in [3.63, 3.8) is 0 Å². The third kappa shape index (κ3) is 2.39. The van der Waals surface area contributed by atoms with Gasteiger partial charge in [-0.1, -0.05) is 12.1 Å². The highest BCUT2D eigenvalue weighted by Crippen LogP contribution is 2.33. The molecule has 0 bridgehead atoms. The van der Waals surface area contributed by atoms with E-state index in [4.69, 9.17) is 10.6 Å². The Kier molecular flexibility index (Phi) is 3.94. The average Bonchev–Trinajstić information content (AvgIpc) is 2.77. The number of aryl methyl sites for hydroxylation is 1. The number of nitrogens with two attached hydrogens (primary N) is 1. The normalized spacial score (nSPS) is 25.4. The van der Waals surface area contributed by atoms with E-state index < -0.39 is 17.7 Å². The summed E-state index contributed by atoms with van der Waals surface area (Å²) < 4.78 is 33.0. The average molecular weight is 256 g/mol. The van der Waals surface area contributed by atoms with Crippen LogP contribution in [-0.4, -0.2) is 12.7 Å². The van der Waals surface area contributed by atoms with Crippen LogP contribution in [-0.2, 0) is 4.74 Å². The molecular weight excluding hydrogens is 238 g/mol. The molecule has 1 aliphatic rings. The van der Waals surface area contributed by atoms with Gasteiger partial charge in [0.25, 0.3) is 0 Å². The summed E-state index contributed by atoms with van der Waals surface area (Å²) in [6, 6.07) is 2.73. The molecule has 0 aromatic heterocycles. The van der Waals surface area contributed by atoms with Crippen LogP contribution < -0.4 is 11.3 Å². The van der Waals surface area contributed by atoms with E-state index in [1.807, 2.05) is 6.92 Å². The predicted octanol–water partition coefficient (Wildman–Crippen LogP) is 2.20. The number of rotatable bonds is 3. The first-order valence-corrected chi connectivity index (χ1v) is 6.06. The summed E-state index contributed by atoms with van der Waals surface area (Å²) in [6.07, 6.45) is 0.910. The molecule has 0 radical (unpaired) electrons. The summed E-state index contributed by atoms with van der Waals surface area (Å²) in [6.45, 7) is 4.00. The van der Waals surface area contributed by atoms with E-state index in [9.17, 15) is 8.78 Å². The fourth-order valence-electron chi connectivity index (χ4n) is 2.46. The molecule has 2 rings (SSSR count).